The van der Waals surface area contributed by atoms with E-state index in [1.807, 2.05) is 48.7 Å². The van der Waals surface area contributed by atoms with Gasteiger partial charge in [-0.2, -0.15) is 0 Å². The quantitative estimate of drug-likeness (QED) is 0.376. The number of benzene rings is 1. The third-order valence-electron chi connectivity index (χ3n) is 6.02. The Morgan fingerprint density at radius 1 is 1.14 bits per heavy atom. The molecule has 0 aliphatic carbocycles. The van der Waals surface area contributed by atoms with Gasteiger partial charge in [0.15, 0.2) is 4.80 Å². The van der Waals surface area contributed by atoms with Crippen molar-refractivity contribution in [2.24, 2.45) is 4.99 Å². The van der Waals surface area contributed by atoms with Crippen LogP contribution in [0.4, 0.5) is 5.69 Å². The zero-order valence-corrected chi connectivity index (χ0v) is 21.1. The standard InChI is InChI=1S/C25H23N3O5S2/c1-4-27-16-9-6-5-8-15(16)19(22(27)29)21-23(30)28-20(17-10-7-13-34-17)18(14(2)26-25(28)35-21)24(31)33-12-11-32-3/h5-10,13,20H,4,11-12H2,1-3H3/b21-19-. The lowest BCUT2D eigenvalue weighted by molar-refractivity contribution is -0.140. The van der Waals surface area contributed by atoms with Crippen LogP contribution in [0, 0.1) is 0 Å². The minimum absolute atomic E-state index is 0.0932. The van der Waals surface area contributed by atoms with Crippen LogP contribution < -0.4 is 19.8 Å². The first-order chi connectivity index (χ1) is 17.0. The molecule has 0 saturated heterocycles. The molecule has 2 aromatic heterocycles. The van der Waals surface area contributed by atoms with Crippen molar-refractivity contribution in [3.05, 3.63) is 83.2 Å². The number of amides is 1. The Morgan fingerprint density at radius 2 is 1.94 bits per heavy atom. The Kier molecular flexibility index (Phi) is 6.26. The molecule has 1 atom stereocenters. The number of anilines is 1. The molecule has 5 rings (SSSR count). The SMILES string of the molecule is CCN1C(=O)/C(=c2\sc3n(c2=O)C(c2cccs2)C(C(=O)OCCOC)=C(C)N=3)c2ccccc21. The lowest BCUT2D eigenvalue weighted by atomic mass is 10.0. The average Bonchev–Trinajstić information content (AvgIpc) is 3.55. The number of carbonyl (C=O) groups is 2. The van der Waals surface area contributed by atoms with Crippen molar-refractivity contribution in [1.82, 2.24) is 4.57 Å². The summed E-state index contributed by atoms with van der Waals surface area (Å²) in [4.78, 5) is 47.9. The molecule has 2 aliphatic heterocycles. The molecule has 0 bridgehead atoms. The number of hydrogen-bond donors (Lipinski definition) is 0. The fraction of sp³-hybridized carbons (Fsp3) is 0.280. The van der Waals surface area contributed by atoms with Crippen LogP contribution in [-0.2, 0) is 19.1 Å². The fourth-order valence-electron chi connectivity index (χ4n) is 4.46. The van der Waals surface area contributed by atoms with Crippen LogP contribution in [0.2, 0.25) is 0 Å². The Morgan fingerprint density at radius 3 is 2.66 bits per heavy atom. The largest absolute Gasteiger partial charge is 0.460 e. The van der Waals surface area contributed by atoms with Gasteiger partial charge in [0.1, 0.15) is 17.2 Å². The van der Waals surface area contributed by atoms with Crippen LogP contribution in [0.15, 0.2) is 62.8 Å². The summed E-state index contributed by atoms with van der Waals surface area (Å²) in [5.41, 5.74) is 2.33. The Labute approximate surface area is 209 Å². The molecule has 35 heavy (non-hydrogen) atoms. The monoisotopic (exact) mass is 509 g/mol. The first-order valence-electron chi connectivity index (χ1n) is 11.1. The van der Waals surface area contributed by atoms with Crippen LogP contribution in [0.1, 0.15) is 30.3 Å². The number of ether oxygens (including phenoxy) is 2. The van der Waals surface area contributed by atoms with E-state index in [0.29, 0.717) is 32.7 Å². The number of allylic oxidation sites excluding steroid dienone is 1. The van der Waals surface area contributed by atoms with Gasteiger partial charge >= 0.3 is 5.97 Å². The van der Waals surface area contributed by atoms with E-state index < -0.39 is 12.0 Å². The summed E-state index contributed by atoms with van der Waals surface area (Å²) in [6, 6.07) is 10.5. The minimum atomic E-state index is -0.690. The number of likely N-dealkylation sites (N-methyl/N-ethyl adjacent to an activating group) is 1. The molecule has 0 radical (unpaired) electrons. The number of methoxy groups -OCH3 is 1. The number of esters is 1. The molecule has 0 N–H and O–H groups in total. The highest BCUT2D eigenvalue weighted by Crippen LogP contribution is 2.36. The van der Waals surface area contributed by atoms with Gasteiger partial charge in [-0.15, -0.1) is 11.3 Å². The molecule has 4 heterocycles. The molecule has 180 valence electrons. The van der Waals surface area contributed by atoms with Gasteiger partial charge in [0.25, 0.3) is 11.5 Å². The maximum Gasteiger partial charge on any atom is 0.338 e. The van der Waals surface area contributed by atoms with Crippen molar-refractivity contribution < 1.29 is 19.1 Å². The van der Waals surface area contributed by atoms with Gasteiger partial charge in [-0.05, 0) is 31.4 Å². The highest BCUT2D eigenvalue weighted by Gasteiger charge is 2.37. The molecule has 1 unspecified atom stereocenters. The molecule has 8 nitrogen and oxygen atoms in total. The van der Waals surface area contributed by atoms with Gasteiger partial charge in [-0.3, -0.25) is 14.2 Å². The van der Waals surface area contributed by atoms with Crippen molar-refractivity contribution >= 4 is 45.8 Å². The summed E-state index contributed by atoms with van der Waals surface area (Å²) in [5.74, 6) is -0.749. The second-order valence-corrected chi connectivity index (χ2v) is 9.94. The van der Waals surface area contributed by atoms with Crippen molar-refractivity contribution in [2.45, 2.75) is 19.9 Å². The maximum absolute atomic E-state index is 13.9. The van der Waals surface area contributed by atoms with Crippen LogP contribution in [0.5, 0.6) is 0 Å². The van der Waals surface area contributed by atoms with E-state index >= 15 is 0 Å². The molecule has 0 spiro atoms. The number of nitrogens with zero attached hydrogens (tertiary/aromatic N) is 3. The molecule has 1 amide bonds. The lowest BCUT2D eigenvalue weighted by Crippen LogP contribution is -2.40. The third-order valence-corrected chi connectivity index (χ3v) is 8.00. The lowest BCUT2D eigenvalue weighted by Gasteiger charge is -2.23. The van der Waals surface area contributed by atoms with Crippen LogP contribution in [0.3, 0.4) is 0 Å². The van der Waals surface area contributed by atoms with Gasteiger partial charge in [0, 0.05) is 24.1 Å². The second-order valence-electron chi connectivity index (χ2n) is 7.99. The van der Waals surface area contributed by atoms with Crippen molar-refractivity contribution in [1.29, 1.82) is 0 Å². The van der Waals surface area contributed by atoms with Gasteiger partial charge in [-0.25, -0.2) is 9.79 Å². The number of carbonyl (C=O) groups excluding carboxylic acids is 2. The van der Waals surface area contributed by atoms with E-state index in [1.54, 1.807) is 11.8 Å². The molecule has 0 saturated carbocycles. The minimum Gasteiger partial charge on any atom is -0.460 e. The van der Waals surface area contributed by atoms with Crippen LogP contribution in [-0.4, -0.2) is 43.3 Å². The van der Waals surface area contributed by atoms with E-state index in [9.17, 15) is 14.4 Å². The summed E-state index contributed by atoms with van der Waals surface area (Å²) >= 11 is 2.62. The smallest absolute Gasteiger partial charge is 0.338 e. The number of rotatable bonds is 6. The summed E-state index contributed by atoms with van der Waals surface area (Å²) in [6.07, 6.45) is 0. The predicted molar refractivity (Wildman–Crippen MR) is 134 cm³/mol. The maximum atomic E-state index is 13.9. The molecular formula is C25H23N3O5S2. The van der Waals surface area contributed by atoms with Crippen molar-refractivity contribution in [3.63, 3.8) is 0 Å². The molecular weight excluding hydrogens is 486 g/mol. The summed E-state index contributed by atoms with van der Waals surface area (Å²) in [6.45, 7) is 4.49. The van der Waals surface area contributed by atoms with Crippen LogP contribution in [0.25, 0.3) is 5.57 Å². The normalized spacial score (nSPS) is 18.4. The highest BCUT2D eigenvalue weighted by atomic mass is 32.1. The summed E-state index contributed by atoms with van der Waals surface area (Å²) in [7, 11) is 1.53. The predicted octanol–water partition coefficient (Wildman–Crippen LogP) is 2.22. The van der Waals surface area contributed by atoms with E-state index in [-0.39, 0.29) is 24.7 Å². The molecule has 1 aromatic carbocycles. The Bertz CT molecular complexity index is 1530. The number of fused-ring (bicyclic) bond motifs is 2. The van der Waals surface area contributed by atoms with Gasteiger partial charge in [-0.1, -0.05) is 35.6 Å². The second kappa shape index (κ2) is 9.37. The van der Waals surface area contributed by atoms with E-state index in [0.717, 1.165) is 16.1 Å². The summed E-state index contributed by atoms with van der Waals surface area (Å²) < 4.78 is 12.2. The topological polar surface area (TPSA) is 90.2 Å². The molecule has 3 aromatic rings. The van der Waals surface area contributed by atoms with Crippen LogP contribution >= 0.6 is 22.7 Å². The third kappa shape index (κ3) is 3.78. The fourth-order valence-corrected chi connectivity index (χ4v) is 6.42. The zero-order chi connectivity index (χ0) is 24.7. The van der Waals surface area contributed by atoms with Crippen molar-refractivity contribution in [2.75, 3.05) is 31.8 Å². The average molecular weight is 510 g/mol. The number of aromatic nitrogens is 1. The van der Waals surface area contributed by atoms with E-state index in [1.165, 1.54) is 34.4 Å². The summed E-state index contributed by atoms with van der Waals surface area (Å²) in [5, 5.41) is 1.90. The van der Waals surface area contributed by atoms with E-state index in [4.69, 9.17) is 9.47 Å². The van der Waals surface area contributed by atoms with Gasteiger partial charge in [0.2, 0.25) is 0 Å². The number of para-hydroxylation sites is 1. The zero-order valence-electron chi connectivity index (χ0n) is 19.4. The first kappa shape index (κ1) is 23.4. The Hall–Kier alpha value is -3.34. The van der Waals surface area contributed by atoms with Gasteiger partial charge in [0.05, 0.1) is 29.1 Å². The van der Waals surface area contributed by atoms with Gasteiger partial charge < -0.3 is 14.4 Å². The number of thiophene rings is 1. The van der Waals surface area contributed by atoms with Crippen molar-refractivity contribution in [3.8, 4) is 0 Å². The number of hydrogen-bond acceptors (Lipinski definition) is 8. The number of thiazole rings is 1. The molecule has 0 fully saturated rings. The molecule has 2 aliphatic rings. The highest BCUT2D eigenvalue weighted by molar-refractivity contribution is 7.10. The first-order valence-corrected chi connectivity index (χ1v) is 12.8. The molecule has 10 heteroatoms. The van der Waals surface area contributed by atoms with E-state index in [2.05, 4.69) is 4.99 Å². The Balaban J connectivity index is 1.74.